The third-order valence-corrected chi connectivity index (χ3v) is 3.52. The first-order valence-electron chi connectivity index (χ1n) is 7.01. The van der Waals surface area contributed by atoms with Crippen LogP contribution in [0.15, 0.2) is 24.8 Å². The monoisotopic (exact) mass is 284 g/mol. The van der Waals surface area contributed by atoms with E-state index < -0.39 is 11.9 Å². The lowest BCUT2D eigenvalue weighted by Crippen LogP contribution is -2.49. The van der Waals surface area contributed by atoms with E-state index >= 15 is 0 Å². The Morgan fingerprint density at radius 1 is 1.00 bits per heavy atom. The maximum Gasteiger partial charge on any atom is 0.331 e. The summed E-state index contributed by atoms with van der Waals surface area (Å²) in [7, 11) is 0. The van der Waals surface area contributed by atoms with Crippen LogP contribution in [-0.4, -0.2) is 55.8 Å². The van der Waals surface area contributed by atoms with Crippen LogP contribution in [0.1, 0.15) is 20.8 Å². The van der Waals surface area contributed by atoms with Gasteiger partial charge < -0.3 is 14.0 Å². The zero-order chi connectivity index (χ0) is 15.4. The van der Waals surface area contributed by atoms with Gasteiger partial charge in [0.2, 0.25) is 0 Å². The summed E-state index contributed by atoms with van der Waals surface area (Å²) in [6.07, 6.45) is 3.61. The van der Waals surface area contributed by atoms with Crippen molar-refractivity contribution in [2.24, 2.45) is 0 Å². The van der Waals surface area contributed by atoms with Crippen LogP contribution < -0.4 is 0 Å². The molecule has 0 amide bonds. The highest BCUT2D eigenvalue weighted by Gasteiger charge is 2.20. The predicted molar refractivity (Wildman–Crippen MR) is 78.0 cm³/mol. The normalized spacial score (nSPS) is 11.3. The van der Waals surface area contributed by atoms with Crippen LogP contribution in [-0.2, 0) is 19.1 Å². The number of rotatable bonds is 10. The summed E-state index contributed by atoms with van der Waals surface area (Å²) in [5.41, 5.74) is 0. The maximum atomic E-state index is 11.4. The minimum atomic E-state index is -0.581. The van der Waals surface area contributed by atoms with E-state index in [1.165, 1.54) is 6.08 Å². The molecule has 5 nitrogen and oxygen atoms in total. The smallest absolute Gasteiger partial charge is 0.331 e. The Morgan fingerprint density at radius 3 is 1.95 bits per heavy atom. The lowest BCUT2D eigenvalue weighted by Gasteiger charge is -2.35. The molecule has 0 aliphatic rings. The number of nitrogens with zero attached hydrogens (tertiary/aromatic N) is 1. The molecule has 0 N–H and O–H groups in total. The molecule has 5 heteroatoms. The standard InChI is InChI=1S/C15H26NO4/c1-5-12-19-14(17)9-10-15(18)20-13-11-16(6-2,7-3)8-4/h5,9-10H,1,6-8,11-13H2,2-4H3/q+1. The summed E-state index contributed by atoms with van der Waals surface area (Å²) in [5, 5.41) is 0. The molecule has 0 atom stereocenters. The third kappa shape index (κ3) is 7.09. The van der Waals surface area contributed by atoms with Crippen LogP contribution in [0.25, 0.3) is 0 Å². The maximum absolute atomic E-state index is 11.4. The second kappa shape index (κ2) is 10.2. The molecule has 20 heavy (non-hydrogen) atoms. The highest BCUT2D eigenvalue weighted by Crippen LogP contribution is 2.05. The highest BCUT2D eigenvalue weighted by atomic mass is 16.5. The molecule has 0 rings (SSSR count). The summed E-state index contributed by atoms with van der Waals surface area (Å²) in [5.74, 6) is -1.11. The number of likely N-dealkylation sites (N-methyl/N-ethyl adjacent to an activating group) is 1. The summed E-state index contributed by atoms with van der Waals surface area (Å²) in [6.45, 7) is 14.1. The Kier molecular flexibility index (Phi) is 9.38. The molecule has 0 aliphatic heterocycles. The van der Waals surface area contributed by atoms with Gasteiger partial charge in [0.15, 0.2) is 0 Å². The van der Waals surface area contributed by atoms with Gasteiger partial charge in [0.1, 0.15) is 19.8 Å². The number of esters is 2. The molecule has 0 radical (unpaired) electrons. The lowest BCUT2D eigenvalue weighted by atomic mass is 10.3. The van der Waals surface area contributed by atoms with Gasteiger partial charge in [0.05, 0.1) is 19.6 Å². The molecule has 0 heterocycles. The van der Waals surface area contributed by atoms with Crippen LogP contribution in [0.4, 0.5) is 0 Å². The van der Waals surface area contributed by atoms with Crippen molar-refractivity contribution >= 4 is 11.9 Å². The number of ether oxygens (including phenoxy) is 2. The average molecular weight is 284 g/mol. The number of hydrogen-bond donors (Lipinski definition) is 0. The summed E-state index contributed by atoms with van der Waals surface area (Å²) in [4.78, 5) is 22.5. The molecule has 0 aromatic rings. The SMILES string of the molecule is C=CCOC(=O)C=CC(=O)OCC[N+](CC)(CC)CC. The molecule has 0 aromatic carbocycles. The zero-order valence-corrected chi connectivity index (χ0v) is 12.8. The van der Waals surface area contributed by atoms with Crippen LogP contribution in [0.2, 0.25) is 0 Å². The largest absolute Gasteiger partial charge is 0.458 e. The lowest BCUT2D eigenvalue weighted by molar-refractivity contribution is -0.923. The van der Waals surface area contributed by atoms with Gasteiger partial charge in [-0.05, 0) is 20.8 Å². The second-order valence-corrected chi connectivity index (χ2v) is 4.43. The number of carbonyl (C=O) groups excluding carboxylic acids is 2. The van der Waals surface area contributed by atoms with E-state index in [-0.39, 0.29) is 6.61 Å². The van der Waals surface area contributed by atoms with Gasteiger partial charge in [0.25, 0.3) is 0 Å². The molecule has 0 saturated heterocycles. The molecule has 0 aliphatic carbocycles. The van der Waals surface area contributed by atoms with Crippen LogP contribution in [0, 0.1) is 0 Å². The first-order valence-corrected chi connectivity index (χ1v) is 7.01. The first-order chi connectivity index (χ1) is 9.53. The summed E-state index contributed by atoms with van der Waals surface area (Å²) >= 11 is 0. The van der Waals surface area contributed by atoms with Crippen molar-refractivity contribution in [2.45, 2.75) is 20.8 Å². The van der Waals surface area contributed by atoms with E-state index in [1.807, 2.05) is 0 Å². The number of hydrogen-bond acceptors (Lipinski definition) is 4. The van der Waals surface area contributed by atoms with E-state index in [1.54, 1.807) is 0 Å². The fraction of sp³-hybridized carbons (Fsp3) is 0.600. The van der Waals surface area contributed by atoms with E-state index in [4.69, 9.17) is 9.47 Å². The molecule has 0 bridgehead atoms. The molecule has 0 saturated carbocycles. The predicted octanol–water partition coefficient (Wildman–Crippen LogP) is 1.69. The molecule has 0 spiro atoms. The van der Waals surface area contributed by atoms with E-state index in [0.29, 0.717) is 6.61 Å². The van der Waals surface area contributed by atoms with Crippen LogP contribution in [0.5, 0.6) is 0 Å². The van der Waals surface area contributed by atoms with Crippen LogP contribution >= 0.6 is 0 Å². The molecule has 0 aromatic heterocycles. The Hall–Kier alpha value is -1.62. The van der Waals surface area contributed by atoms with Crippen molar-refractivity contribution in [3.63, 3.8) is 0 Å². The summed E-state index contributed by atoms with van der Waals surface area (Å²) in [6, 6.07) is 0. The van der Waals surface area contributed by atoms with E-state index in [9.17, 15) is 9.59 Å². The molecular weight excluding hydrogens is 258 g/mol. The van der Waals surface area contributed by atoms with Crippen molar-refractivity contribution < 1.29 is 23.5 Å². The van der Waals surface area contributed by atoms with Gasteiger partial charge in [-0.2, -0.15) is 0 Å². The fourth-order valence-corrected chi connectivity index (χ4v) is 1.86. The average Bonchev–Trinajstić information content (AvgIpc) is 2.48. The van der Waals surface area contributed by atoms with Crippen LogP contribution in [0.3, 0.4) is 0 Å². The highest BCUT2D eigenvalue weighted by molar-refractivity contribution is 5.91. The minimum Gasteiger partial charge on any atom is -0.458 e. The number of carbonyl (C=O) groups is 2. The topological polar surface area (TPSA) is 52.6 Å². The molecular formula is C15H26NO4+. The Bertz CT molecular complexity index is 338. The van der Waals surface area contributed by atoms with Crippen molar-refractivity contribution in [1.29, 1.82) is 0 Å². The van der Waals surface area contributed by atoms with Crippen molar-refractivity contribution in [2.75, 3.05) is 39.4 Å². The second-order valence-electron chi connectivity index (χ2n) is 4.43. The molecule has 114 valence electrons. The fourth-order valence-electron chi connectivity index (χ4n) is 1.86. The molecule has 0 fully saturated rings. The third-order valence-electron chi connectivity index (χ3n) is 3.52. The Balaban J connectivity index is 4.07. The number of quaternary nitrogens is 1. The van der Waals surface area contributed by atoms with Gasteiger partial charge >= 0.3 is 11.9 Å². The van der Waals surface area contributed by atoms with Gasteiger partial charge in [-0.1, -0.05) is 12.7 Å². The minimum absolute atomic E-state index is 0.127. The molecule has 0 unspecified atom stereocenters. The van der Waals surface area contributed by atoms with Crippen molar-refractivity contribution in [3.05, 3.63) is 24.8 Å². The van der Waals surface area contributed by atoms with Gasteiger partial charge in [-0.25, -0.2) is 9.59 Å². The zero-order valence-electron chi connectivity index (χ0n) is 12.8. The van der Waals surface area contributed by atoms with Gasteiger partial charge in [-0.3, -0.25) is 0 Å². The van der Waals surface area contributed by atoms with Crippen molar-refractivity contribution in [3.8, 4) is 0 Å². The summed E-state index contributed by atoms with van der Waals surface area (Å²) < 4.78 is 10.7. The quantitative estimate of drug-likeness (QED) is 0.265. The first kappa shape index (κ1) is 18.4. The van der Waals surface area contributed by atoms with Crippen molar-refractivity contribution in [1.82, 2.24) is 0 Å². The van der Waals surface area contributed by atoms with E-state index in [2.05, 4.69) is 27.4 Å². The van der Waals surface area contributed by atoms with E-state index in [0.717, 1.165) is 42.8 Å². The Morgan fingerprint density at radius 2 is 1.50 bits per heavy atom. The Labute approximate surface area is 121 Å². The van der Waals surface area contributed by atoms with Gasteiger partial charge in [0, 0.05) is 12.2 Å². The van der Waals surface area contributed by atoms with Gasteiger partial charge in [-0.15, -0.1) is 0 Å².